The Morgan fingerprint density at radius 1 is 1.11 bits per heavy atom. The number of halogens is 3. The second-order valence-corrected chi connectivity index (χ2v) is 6.17. The first-order chi connectivity index (χ1) is 8.16. The van der Waals surface area contributed by atoms with E-state index >= 15 is 0 Å². The number of benzene rings is 1. The second-order valence-electron chi connectivity index (χ2n) is 4.56. The molecule has 0 fully saturated rings. The molecule has 0 aromatic heterocycles. The Hall–Kier alpha value is -1.17. The molecule has 0 saturated carbocycles. The van der Waals surface area contributed by atoms with E-state index in [4.69, 9.17) is 0 Å². The Morgan fingerprint density at radius 2 is 1.67 bits per heavy atom. The van der Waals surface area contributed by atoms with Crippen LogP contribution in [0.2, 0.25) is 0 Å². The quantitative estimate of drug-likeness (QED) is 0.601. The predicted molar refractivity (Wildman–Crippen MR) is 68.1 cm³/mol. The van der Waals surface area contributed by atoms with Crippen LogP contribution < -0.4 is 4.74 Å². The van der Waals surface area contributed by atoms with Crippen LogP contribution in [0.1, 0.15) is 26.3 Å². The van der Waals surface area contributed by atoms with Gasteiger partial charge in [-0.05, 0) is 62.5 Å². The first-order valence-electron chi connectivity index (χ1n) is 5.23. The summed E-state index contributed by atoms with van der Waals surface area (Å²) in [5.74, 6) is -0.233. The zero-order chi connectivity index (χ0) is 13.8. The molecule has 18 heavy (non-hydrogen) atoms. The number of ether oxygens (including phenoxy) is 1. The van der Waals surface area contributed by atoms with Crippen LogP contribution in [0.3, 0.4) is 0 Å². The molecule has 0 spiro atoms. The molecule has 2 nitrogen and oxygen atoms in total. The summed E-state index contributed by atoms with van der Waals surface area (Å²) in [4.78, 5) is 0. The van der Waals surface area contributed by atoms with E-state index in [1.807, 2.05) is 20.8 Å². The molecule has 0 aliphatic rings. The van der Waals surface area contributed by atoms with Crippen LogP contribution in [0.5, 0.6) is 5.75 Å². The molecule has 100 valence electrons. The lowest BCUT2D eigenvalue weighted by Crippen LogP contribution is -2.17. The molecule has 0 N–H and O–H groups in total. The third kappa shape index (κ3) is 6.54. The Morgan fingerprint density at radius 3 is 2.11 bits per heavy atom. The highest BCUT2D eigenvalue weighted by atomic mass is 32.2. The van der Waals surface area contributed by atoms with E-state index in [2.05, 4.69) is 9.13 Å². The molecular weight excluding hydrogens is 263 g/mol. The van der Waals surface area contributed by atoms with Gasteiger partial charge in [-0.1, -0.05) is 0 Å². The molecule has 0 bridgehead atoms. The van der Waals surface area contributed by atoms with Gasteiger partial charge in [-0.15, -0.1) is 13.2 Å². The standard InChI is InChI=1S/C12H14F3NOS/c1-11(2,3)18-16-8-9-4-6-10(7-5-9)17-12(13,14)15/h4-8H,1-3H3/b16-8+. The lowest BCUT2D eigenvalue weighted by molar-refractivity contribution is -0.274. The van der Waals surface area contributed by atoms with Gasteiger partial charge in [-0.25, -0.2) is 4.40 Å². The van der Waals surface area contributed by atoms with Crippen molar-refractivity contribution in [3.05, 3.63) is 29.8 Å². The predicted octanol–water partition coefficient (Wildman–Crippen LogP) is 4.45. The fraction of sp³-hybridized carbons (Fsp3) is 0.417. The highest BCUT2D eigenvalue weighted by Crippen LogP contribution is 2.25. The molecule has 1 aromatic carbocycles. The van der Waals surface area contributed by atoms with E-state index in [0.717, 1.165) is 5.56 Å². The number of hydrogen-bond donors (Lipinski definition) is 0. The van der Waals surface area contributed by atoms with Crippen molar-refractivity contribution in [3.8, 4) is 5.75 Å². The third-order valence-electron chi connectivity index (χ3n) is 1.64. The molecule has 0 radical (unpaired) electrons. The molecular formula is C12H14F3NOS. The molecule has 0 heterocycles. The van der Waals surface area contributed by atoms with Gasteiger partial charge >= 0.3 is 6.36 Å². The number of alkyl halides is 3. The highest BCUT2D eigenvalue weighted by Gasteiger charge is 2.30. The fourth-order valence-corrected chi connectivity index (χ4v) is 1.49. The maximum atomic E-state index is 11.9. The van der Waals surface area contributed by atoms with Crippen LogP contribution in [0.4, 0.5) is 13.2 Å². The van der Waals surface area contributed by atoms with E-state index in [1.54, 1.807) is 6.21 Å². The van der Waals surface area contributed by atoms with Gasteiger partial charge in [0.05, 0.1) is 0 Å². The van der Waals surface area contributed by atoms with Gasteiger partial charge in [-0.2, -0.15) is 0 Å². The van der Waals surface area contributed by atoms with Crippen molar-refractivity contribution in [1.82, 2.24) is 0 Å². The molecule has 0 saturated heterocycles. The summed E-state index contributed by atoms with van der Waals surface area (Å²) in [5, 5.41) is 0. The van der Waals surface area contributed by atoms with E-state index in [-0.39, 0.29) is 10.5 Å². The van der Waals surface area contributed by atoms with Gasteiger partial charge in [0.2, 0.25) is 0 Å². The summed E-state index contributed by atoms with van der Waals surface area (Å²) in [7, 11) is 0. The van der Waals surface area contributed by atoms with Crippen molar-refractivity contribution in [2.24, 2.45) is 4.40 Å². The van der Waals surface area contributed by atoms with E-state index < -0.39 is 6.36 Å². The first-order valence-corrected chi connectivity index (χ1v) is 6.00. The smallest absolute Gasteiger partial charge is 0.406 e. The lowest BCUT2D eigenvalue weighted by Gasteiger charge is -2.12. The van der Waals surface area contributed by atoms with E-state index in [0.29, 0.717) is 0 Å². The Labute approximate surface area is 108 Å². The normalized spacial score (nSPS) is 13.0. The summed E-state index contributed by atoms with van der Waals surface area (Å²) >= 11 is 1.40. The summed E-state index contributed by atoms with van der Waals surface area (Å²) in [6.07, 6.45) is -3.05. The van der Waals surface area contributed by atoms with Crippen molar-refractivity contribution < 1.29 is 17.9 Å². The molecule has 1 rings (SSSR count). The highest BCUT2D eigenvalue weighted by molar-refractivity contribution is 7.99. The maximum Gasteiger partial charge on any atom is 0.573 e. The summed E-state index contributed by atoms with van der Waals surface area (Å²) < 4.78 is 43.7. The minimum Gasteiger partial charge on any atom is -0.406 e. The lowest BCUT2D eigenvalue weighted by atomic mass is 10.2. The van der Waals surface area contributed by atoms with Crippen molar-refractivity contribution in [2.75, 3.05) is 0 Å². The Kier molecular flexibility index (Phi) is 4.67. The van der Waals surface area contributed by atoms with E-state index in [9.17, 15) is 13.2 Å². The van der Waals surface area contributed by atoms with Crippen LogP contribution >= 0.6 is 11.9 Å². The summed E-state index contributed by atoms with van der Waals surface area (Å²) in [5.41, 5.74) is 0.723. The van der Waals surface area contributed by atoms with Gasteiger partial charge in [0.15, 0.2) is 0 Å². The molecule has 0 amide bonds. The van der Waals surface area contributed by atoms with Crippen molar-refractivity contribution in [3.63, 3.8) is 0 Å². The van der Waals surface area contributed by atoms with Crippen LogP contribution in [0.25, 0.3) is 0 Å². The summed E-state index contributed by atoms with van der Waals surface area (Å²) in [6.45, 7) is 6.07. The zero-order valence-electron chi connectivity index (χ0n) is 10.3. The average Bonchev–Trinajstić information content (AvgIpc) is 2.16. The van der Waals surface area contributed by atoms with Crippen LogP contribution in [-0.4, -0.2) is 17.3 Å². The number of rotatable bonds is 3. The van der Waals surface area contributed by atoms with Crippen molar-refractivity contribution in [1.29, 1.82) is 0 Å². The van der Waals surface area contributed by atoms with Crippen molar-refractivity contribution >= 4 is 18.2 Å². The monoisotopic (exact) mass is 277 g/mol. The van der Waals surface area contributed by atoms with E-state index in [1.165, 1.54) is 36.2 Å². The van der Waals surface area contributed by atoms with Gasteiger partial charge in [0, 0.05) is 11.0 Å². The Balaban J connectivity index is 2.61. The van der Waals surface area contributed by atoms with Crippen LogP contribution in [0.15, 0.2) is 28.7 Å². The van der Waals surface area contributed by atoms with Gasteiger partial charge < -0.3 is 4.74 Å². The van der Waals surface area contributed by atoms with Gasteiger partial charge in [-0.3, -0.25) is 0 Å². The van der Waals surface area contributed by atoms with Crippen LogP contribution in [0, 0.1) is 0 Å². The molecule has 1 aromatic rings. The average molecular weight is 277 g/mol. The van der Waals surface area contributed by atoms with Gasteiger partial charge in [0.25, 0.3) is 0 Å². The number of hydrogen-bond acceptors (Lipinski definition) is 3. The molecule has 6 heteroatoms. The minimum absolute atomic E-state index is 0.00976. The van der Waals surface area contributed by atoms with Crippen LogP contribution in [-0.2, 0) is 0 Å². The first kappa shape index (κ1) is 14.9. The number of nitrogens with zero attached hydrogens (tertiary/aromatic N) is 1. The second kappa shape index (κ2) is 5.65. The largest absolute Gasteiger partial charge is 0.573 e. The topological polar surface area (TPSA) is 21.6 Å². The maximum absolute atomic E-state index is 11.9. The molecule has 0 atom stereocenters. The minimum atomic E-state index is -4.66. The summed E-state index contributed by atoms with van der Waals surface area (Å²) in [6, 6.07) is 5.56. The third-order valence-corrected chi connectivity index (χ3v) is 2.40. The molecule has 0 aliphatic heterocycles. The fourth-order valence-electron chi connectivity index (χ4n) is 1.00. The SMILES string of the molecule is CC(C)(C)S/N=C/c1ccc(OC(F)(F)F)cc1. The van der Waals surface area contributed by atoms with Crippen molar-refractivity contribution in [2.45, 2.75) is 31.9 Å². The Bertz CT molecular complexity index is 407. The van der Waals surface area contributed by atoms with Gasteiger partial charge in [0.1, 0.15) is 5.75 Å². The zero-order valence-corrected chi connectivity index (χ0v) is 11.1. The molecule has 0 aliphatic carbocycles. The molecule has 0 unspecified atom stereocenters.